The van der Waals surface area contributed by atoms with Crippen molar-refractivity contribution in [2.75, 3.05) is 26.4 Å². The molecule has 3 atom stereocenters. The summed E-state index contributed by atoms with van der Waals surface area (Å²) in [5, 5.41) is 0. The summed E-state index contributed by atoms with van der Waals surface area (Å²) in [5.74, 6) is 0.423. The molecule has 5 nitrogen and oxygen atoms in total. The first-order chi connectivity index (χ1) is 9.77. The molecule has 20 heavy (non-hydrogen) atoms. The van der Waals surface area contributed by atoms with Crippen molar-refractivity contribution in [2.24, 2.45) is 5.92 Å². The van der Waals surface area contributed by atoms with Crippen molar-refractivity contribution in [2.45, 2.75) is 50.7 Å². The SMILES string of the molecule is O=C1CCCCC1C1CCCN1C(=O)C1COCCO1. The van der Waals surface area contributed by atoms with Gasteiger partial charge >= 0.3 is 0 Å². The number of carbonyl (C=O) groups is 2. The highest BCUT2D eigenvalue weighted by Crippen LogP contribution is 2.33. The molecular weight excluding hydrogens is 258 g/mol. The van der Waals surface area contributed by atoms with E-state index in [1.807, 2.05) is 4.90 Å². The molecule has 0 aromatic rings. The maximum absolute atomic E-state index is 12.6. The Morgan fingerprint density at radius 2 is 2.05 bits per heavy atom. The van der Waals surface area contributed by atoms with E-state index in [-0.39, 0.29) is 17.9 Å². The van der Waals surface area contributed by atoms with Gasteiger partial charge in [-0.25, -0.2) is 0 Å². The molecule has 5 heteroatoms. The minimum atomic E-state index is -0.469. The second-order valence-corrected chi connectivity index (χ2v) is 5.99. The van der Waals surface area contributed by atoms with E-state index in [9.17, 15) is 9.59 Å². The smallest absolute Gasteiger partial charge is 0.254 e. The predicted octanol–water partition coefficient (Wildman–Crippen LogP) is 1.15. The van der Waals surface area contributed by atoms with E-state index in [2.05, 4.69) is 0 Å². The third-order valence-electron chi connectivity index (χ3n) is 4.74. The van der Waals surface area contributed by atoms with E-state index < -0.39 is 6.10 Å². The summed E-state index contributed by atoms with van der Waals surface area (Å²) in [5.41, 5.74) is 0. The highest BCUT2D eigenvalue weighted by atomic mass is 16.6. The largest absolute Gasteiger partial charge is 0.376 e. The summed E-state index contributed by atoms with van der Waals surface area (Å²) in [4.78, 5) is 26.6. The first-order valence-corrected chi connectivity index (χ1v) is 7.80. The van der Waals surface area contributed by atoms with Gasteiger partial charge in [-0.3, -0.25) is 9.59 Å². The number of nitrogens with zero attached hydrogens (tertiary/aromatic N) is 1. The molecule has 2 heterocycles. The standard InChI is InChI=1S/C15H23NO4/c17-13-6-2-1-4-11(13)12-5-3-7-16(12)15(18)14-10-19-8-9-20-14/h11-12,14H,1-10H2. The highest BCUT2D eigenvalue weighted by Gasteiger charge is 2.41. The molecule has 0 N–H and O–H groups in total. The molecule has 2 saturated heterocycles. The van der Waals surface area contributed by atoms with Crippen LogP contribution in [0.4, 0.5) is 0 Å². The monoisotopic (exact) mass is 281 g/mol. The average Bonchev–Trinajstić information content (AvgIpc) is 2.97. The molecule has 1 amide bonds. The molecule has 0 aromatic heterocycles. The van der Waals surface area contributed by atoms with Crippen LogP contribution in [-0.4, -0.2) is 55.1 Å². The third-order valence-corrected chi connectivity index (χ3v) is 4.74. The topological polar surface area (TPSA) is 55.8 Å². The molecule has 2 aliphatic heterocycles. The zero-order valence-electron chi connectivity index (χ0n) is 11.9. The van der Waals surface area contributed by atoms with E-state index >= 15 is 0 Å². The van der Waals surface area contributed by atoms with Gasteiger partial charge in [-0.2, -0.15) is 0 Å². The van der Waals surface area contributed by atoms with E-state index in [1.165, 1.54) is 0 Å². The summed E-state index contributed by atoms with van der Waals surface area (Å²) in [7, 11) is 0. The maximum Gasteiger partial charge on any atom is 0.254 e. The number of amides is 1. The normalized spacial score (nSPS) is 35.3. The number of ketones is 1. The summed E-state index contributed by atoms with van der Waals surface area (Å²) >= 11 is 0. The Hall–Kier alpha value is -0.940. The van der Waals surface area contributed by atoms with Crippen LogP contribution in [0.1, 0.15) is 38.5 Å². The van der Waals surface area contributed by atoms with Crippen molar-refractivity contribution < 1.29 is 19.1 Å². The third kappa shape index (κ3) is 2.74. The van der Waals surface area contributed by atoms with E-state index in [0.717, 1.165) is 38.6 Å². The van der Waals surface area contributed by atoms with Gasteiger partial charge in [0.1, 0.15) is 5.78 Å². The number of hydrogen-bond acceptors (Lipinski definition) is 4. The van der Waals surface area contributed by atoms with Crippen LogP contribution in [0.2, 0.25) is 0 Å². The van der Waals surface area contributed by atoms with Crippen molar-refractivity contribution in [3.63, 3.8) is 0 Å². The summed E-state index contributed by atoms with van der Waals surface area (Å²) in [6.07, 6.45) is 5.22. The maximum atomic E-state index is 12.6. The number of rotatable bonds is 2. The molecular formula is C15H23NO4. The van der Waals surface area contributed by atoms with Crippen LogP contribution in [0.15, 0.2) is 0 Å². The average molecular weight is 281 g/mol. The van der Waals surface area contributed by atoms with Crippen molar-refractivity contribution in [3.8, 4) is 0 Å². The number of hydrogen-bond donors (Lipinski definition) is 0. The van der Waals surface area contributed by atoms with Gasteiger partial charge in [0.15, 0.2) is 6.10 Å². The summed E-state index contributed by atoms with van der Waals surface area (Å²) in [6, 6.07) is 0.0980. The molecule has 0 aromatic carbocycles. The molecule has 0 radical (unpaired) electrons. The Morgan fingerprint density at radius 3 is 2.80 bits per heavy atom. The molecule has 1 saturated carbocycles. The van der Waals surface area contributed by atoms with Crippen LogP contribution in [0.3, 0.4) is 0 Å². The minimum absolute atomic E-state index is 0.0190. The molecule has 3 fully saturated rings. The van der Waals surface area contributed by atoms with Crippen molar-refractivity contribution in [1.29, 1.82) is 0 Å². The quantitative estimate of drug-likeness (QED) is 0.762. The molecule has 3 unspecified atom stereocenters. The summed E-state index contributed by atoms with van der Waals surface area (Å²) < 4.78 is 10.8. The fourth-order valence-electron chi connectivity index (χ4n) is 3.72. The Bertz CT molecular complexity index is 378. The van der Waals surface area contributed by atoms with Gasteiger partial charge < -0.3 is 14.4 Å². The lowest BCUT2D eigenvalue weighted by molar-refractivity contribution is -0.160. The molecule has 0 spiro atoms. The lowest BCUT2D eigenvalue weighted by Crippen LogP contribution is -2.50. The van der Waals surface area contributed by atoms with E-state index in [1.54, 1.807) is 0 Å². The van der Waals surface area contributed by atoms with Crippen LogP contribution in [0.5, 0.6) is 0 Å². The lowest BCUT2D eigenvalue weighted by Gasteiger charge is -2.35. The molecule has 3 rings (SSSR count). The fraction of sp³-hybridized carbons (Fsp3) is 0.867. The summed E-state index contributed by atoms with van der Waals surface area (Å²) in [6.45, 7) is 2.15. The van der Waals surface area contributed by atoms with Crippen LogP contribution in [0.25, 0.3) is 0 Å². The molecule has 0 bridgehead atoms. The number of likely N-dealkylation sites (tertiary alicyclic amines) is 1. The second-order valence-electron chi connectivity index (χ2n) is 5.99. The van der Waals surface area contributed by atoms with Crippen LogP contribution < -0.4 is 0 Å². The Kier molecular flexibility index (Phi) is 4.36. The van der Waals surface area contributed by atoms with Gasteiger partial charge in [-0.05, 0) is 25.7 Å². The Morgan fingerprint density at radius 1 is 1.15 bits per heavy atom. The molecule has 112 valence electrons. The van der Waals surface area contributed by atoms with E-state index in [4.69, 9.17) is 9.47 Å². The zero-order chi connectivity index (χ0) is 13.9. The number of carbonyl (C=O) groups excluding carboxylic acids is 2. The van der Waals surface area contributed by atoms with Gasteiger partial charge in [0.25, 0.3) is 5.91 Å². The molecule has 3 aliphatic rings. The van der Waals surface area contributed by atoms with Gasteiger partial charge in [-0.15, -0.1) is 0 Å². The zero-order valence-corrected chi connectivity index (χ0v) is 11.9. The second kappa shape index (κ2) is 6.22. The van der Waals surface area contributed by atoms with Crippen LogP contribution in [-0.2, 0) is 19.1 Å². The minimum Gasteiger partial charge on any atom is -0.376 e. The van der Waals surface area contributed by atoms with Crippen molar-refractivity contribution >= 4 is 11.7 Å². The molecule has 1 aliphatic carbocycles. The van der Waals surface area contributed by atoms with Gasteiger partial charge in [0.05, 0.1) is 19.8 Å². The van der Waals surface area contributed by atoms with Gasteiger partial charge in [-0.1, -0.05) is 6.42 Å². The van der Waals surface area contributed by atoms with Crippen LogP contribution >= 0.6 is 0 Å². The Labute approximate surface area is 119 Å². The Balaban J connectivity index is 1.68. The van der Waals surface area contributed by atoms with Crippen molar-refractivity contribution in [3.05, 3.63) is 0 Å². The first kappa shape index (κ1) is 14.0. The fourth-order valence-corrected chi connectivity index (χ4v) is 3.72. The van der Waals surface area contributed by atoms with Crippen LogP contribution in [0, 0.1) is 5.92 Å². The van der Waals surface area contributed by atoms with Gasteiger partial charge in [0, 0.05) is 24.9 Å². The first-order valence-electron chi connectivity index (χ1n) is 7.80. The predicted molar refractivity (Wildman–Crippen MR) is 72.3 cm³/mol. The highest BCUT2D eigenvalue weighted by molar-refractivity contribution is 5.85. The van der Waals surface area contributed by atoms with Gasteiger partial charge in [0.2, 0.25) is 0 Å². The van der Waals surface area contributed by atoms with E-state index in [0.29, 0.717) is 32.0 Å². The lowest BCUT2D eigenvalue weighted by atomic mass is 9.81. The number of ether oxygens (including phenoxy) is 2. The number of Topliss-reactive ketones (excluding diaryl/α,β-unsaturated/α-hetero) is 1. The van der Waals surface area contributed by atoms with Crippen molar-refractivity contribution in [1.82, 2.24) is 4.90 Å².